The lowest BCUT2D eigenvalue weighted by molar-refractivity contribution is 0.0890. The number of aromatic hydroxyl groups is 2. The van der Waals surface area contributed by atoms with E-state index in [9.17, 15) is 29.4 Å². The van der Waals surface area contributed by atoms with Crippen molar-refractivity contribution >= 4 is 33.5 Å². The van der Waals surface area contributed by atoms with Crippen LogP contribution in [0.4, 0.5) is 0 Å². The number of ketones is 2. The molecule has 42 heavy (non-hydrogen) atoms. The molecule has 2 heterocycles. The van der Waals surface area contributed by atoms with Crippen molar-refractivity contribution in [3.8, 4) is 11.5 Å². The average Bonchev–Trinajstić information content (AvgIpc) is 3.27. The summed E-state index contributed by atoms with van der Waals surface area (Å²) in [6.07, 6.45) is -0.308. The zero-order valence-electron chi connectivity index (χ0n) is 21.9. The molecule has 4 aromatic carbocycles. The van der Waals surface area contributed by atoms with E-state index in [1.54, 1.807) is 72.8 Å². The number of carbonyl (C=O) groups excluding carboxylic acids is 2. The van der Waals surface area contributed by atoms with Gasteiger partial charge in [-0.1, -0.05) is 78.9 Å². The lowest BCUT2D eigenvalue weighted by Crippen LogP contribution is -2.14. The van der Waals surface area contributed by atoms with Crippen molar-refractivity contribution in [1.82, 2.24) is 0 Å². The van der Waals surface area contributed by atoms with Crippen molar-refractivity contribution in [1.29, 1.82) is 0 Å². The SMILES string of the molecule is O=C1c2ccccc2C(=O)C1c1ccccc1.O=c1oc2ccccc2c(O)c1Cc1c(O)c2ccccc2oc1=O. The van der Waals surface area contributed by atoms with E-state index in [0.29, 0.717) is 21.9 Å². The number of Topliss-reactive ketones (excluding diaryl/α,β-unsaturated/α-hetero) is 2. The zero-order valence-corrected chi connectivity index (χ0v) is 21.9. The molecule has 0 saturated heterocycles. The van der Waals surface area contributed by atoms with Crippen LogP contribution in [-0.4, -0.2) is 21.8 Å². The molecule has 1 aliphatic rings. The molecule has 6 aromatic rings. The van der Waals surface area contributed by atoms with Gasteiger partial charge in [0, 0.05) is 17.5 Å². The van der Waals surface area contributed by atoms with Gasteiger partial charge >= 0.3 is 11.3 Å². The number of rotatable bonds is 3. The van der Waals surface area contributed by atoms with Crippen molar-refractivity contribution in [3.05, 3.63) is 152 Å². The zero-order chi connectivity index (χ0) is 29.4. The highest BCUT2D eigenvalue weighted by Crippen LogP contribution is 2.34. The summed E-state index contributed by atoms with van der Waals surface area (Å²) in [6, 6.07) is 29.3. The van der Waals surface area contributed by atoms with Gasteiger partial charge in [0.15, 0.2) is 11.6 Å². The highest BCUT2D eigenvalue weighted by atomic mass is 16.4. The minimum Gasteiger partial charge on any atom is -0.507 e. The average molecular weight is 559 g/mol. The molecule has 0 aliphatic heterocycles. The molecule has 1 aliphatic carbocycles. The Labute approximate surface area is 237 Å². The number of carbonyl (C=O) groups is 2. The Kier molecular flexibility index (Phi) is 6.72. The molecule has 8 heteroatoms. The highest BCUT2D eigenvalue weighted by molar-refractivity contribution is 6.29. The second-order valence-corrected chi connectivity index (χ2v) is 9.72. The number of hydrogen-bond acceptors (Lipinski definition) is 8. The second-order valence-electron chi connectivity index (χ2n) is 9.72. The molecule has 0 spiro atoms. The third-order valence-electron chi connectivity index (χ3n) is 7.22. The Balaban J connectivity index is 0.000000162. The first-order valence-corrected chi connectivity index (χ1v) is 13.0. The minimum atomic E-state index is -0.775. The molecule has 0 amide bonds. The van der Waals surface area contributed by atoms with Gasteiger partial charge < -0.3 is 19.0 Å². The number of fused-ring (bicyclic) bond motifs is 3. The van der Waals surface area contributed by atoms with Gasteiger partial charge in [-0.05, 0) is 29.8 Å². The minimum absolute atomic E-state index is 0.0863. The fourth-order valence-corrected chi connectivity index (χ4v) is 5.12. The van der Waals surface area contributed by atoms with E-state index in [1.807, 2.05) is 30.3 Å². The van der Waals surface area contributed by atoms with E-state index in [0.717, 1.165) is 5.56 Å². The molecule has 2 N–H and O–H groups in total. The van der Waals surface area contributed by atoms with Gasteiger partial charge in [-0.15, -0.1) is 0 Å². The molecule has 7 rings (SSSR count). The van der Waals surface area contributed by atoms with Crippen LogP contribution in [0.25, 0.3) is 21.9 Å². The predicted octanol–water partition coefficient (Wildman–Crippen LogP) is 5.75. The number of para-hydroxylation sites is 2. The van der Waals surface area contributed by atoms with Crippen LogP contribution in [0.1, 0.15) is 43.3 Å². The molecule has 8 nitrogen and oxygen atoms in total. The molecular formula is C34H22O8. The summed E-state index contributed by atoms with van der Waals surface area (Å²) in [5.74, 6) is -1.38. The highest BCUT2D eigenvalue weighted by Gasteiger charge is 2.38. The van der Waals surface area contributed by atoms with Crippen molar-refractivity contribution in [2.24, 2.45) is 0 Å². The van der Waals surface area contributed by atoms with Gasteiger partial charge in [0.1, 0.15) is 28.6 Å². The lowest BCUT2D eigenvalue weighted by atomic mass is 9.94. The van der Waals surface area contributed by atoms with Gasteiger partial charge in [-0.25, -0.2) is 9.59 Å². The second kappa shape index (κ2) is 10.7. The first kappa shape index (κ1) is 26.5. The van der Waals surface area contributed by atoms with Crippen molar-refractivity contribution in [2.75, 3.05) is 0 Å². The molecule has 0 bridgehead atoms. The first-order valence-electron chi connectivity index (χ1n) is 13.0. The van der Waals surface area contributed by atoms with Crippen LogP contribution >= 0.6 is 0 Å². The summed E-state index contributed by atoms with van der Waals surface area (Å²) in [4.78, 5) is 48.8. The Morgan fingerprint density at radius 2 is 0.929 bits per heavy atom. The standard InChI is InChI=1S/C19H12O6.C15H10O2/c20-16-10-5-1-3-7-14(10)24-18(22)12(16)9-13-17(21)11-6-2-4-8-15(11)25-19(13)23;16-14-11-8-4-5-9-12(11)15(17)13(14)10-6-2-1-3-7-10/h1-8,20-21H,9H2;1-9,13H. The topological polar surface area (TPSA) is 135 Å². The van der Waals surface area contributed by atoms with E-state index in [2.05, 4.69) is 0 Å². The molecule has 0 fully saturated rings. The van der Waals surface area contributed by atoms with Crippen molar-refractivity contribution in [2.45, 2.75) is 12.3 Å². The number of hydrogen-bond donors (Lipinski definition) is 2. The third-order valence-corrected chi connectivity index (χ3v) is 7.22. The van der Waals surface area contributed by atoms with E-state index >= 15 is 0 Å². The smallest absolute Gasteiger partial charge is 0.343 e. The van der Waals surface area contributed by atoms with Gasteiger partial charge in [0.05, 0.1) is 21.9 Å². The fourth-order valence-electron chi connectivity index (χ4n) is 5.12. The summed E-state index contributed by atoms with van der Waals surface area (Å²) >= 11 is 0. The maximum atomic E-state index is 12.2. The normalized spacial score (nSPS) is 12.8. The summed E-state index contributed by atoms with van der Waals surface area (Å²) in [5.41, 5.74) is 0.572. The largest absolute Gasteiger partial charge is 0.507 e. The monoisotopic (exact) mass is 558 g/mol. The molecule has 206 valence electrons. The summed E-state index contributed by atoms with van der Waals surface area (Å²) in [6.45, 7) is 0. The van der Waals surface area contributed by atoms with Crippen molar-refractivity contribution in [3.63, 3.8) is 0 Å². The van der Waals surface area contributed by atoms with Crippen LogP contribution in [0.3, 0.4) is 0 Å². The van der Waals surface area contributed by atoms with Crippen molar-refractivity contribution < 1.29 is 28.6 Å². The molecule has 0 atom stereocenters. The lowest BCUT2D eigenvalue weighted by Gasteiger charge is -2.08. The van der Waals surface area contributed by atoms with Gasteiger partial charge in [0.25, 0.3) is 0 Å². The Morgan fingerprint density at radius 3 is 1.40 bits per heavy atom. The van der Waals surface area contributed by atoms with E-state index < -0.39 is 17.2 Å². The van der Waals surface area contributed by atoms with Gasteiger partial charge in [-0.3, -0.25) is 9.59 Å². The number of benzene rings is 4. The maximum Gasteiger partial charge on any atom is 0.343 e. The van der Waals surface area contributed by atoms with Crippen LogP contribution in [0.5, 0.6) is 11.5 Å². The van der Waals surface area contributed by atoms with E-state index in [-0.39, 0.29) is 51.8 Å². The van der Waals surface area contributed by atoms with E-state index in [4.69, 9.17) is 8.83 Å². The molecule has 0 unspecified atom stereocenters. The summed E-state index contributed by atoms with van der Waals surface area (Å²) in [5, 5.41) is 21.5. The quantitative estimate of drug-likeness (QED) is 0.207. The third kappa shape index (κ3) is 4.54. The summed E-state index contributed by atoms with van der Waals surface area (Å²) < 4.78 is 10.4. The predicted molar refractivity (Wildman–Crippen MR) is 155 cm³/mol. The molecule has 0 saturated carbocycles. The van der Waals surface area contributed by atoms with Crippen LogP contribution in [-0.2, 0) is 6.42 Å². The summed E-state index contributed by atoms with van der Waals surface area (Å²) in [7, 11) is 0. The van der Waals surface area contributed by atoms with Crippen LogP contribution in [0, 0.1) is 0 Å². The van der Waals surface area contributed by atoms with Crippen LogP contribution in [0.2, 0.25) is 0 Å². The molecule has 0 radical (unpaired) electrons. The van der Waals surface area contributed by atoms with Crippen LogP contribution < -0.4 is 11.3 Å². The fraction of sp³-hybridized carbons (Fsp3) is 0.0588. The Bertz CT molecular complexity index is 1990. The van der Waals surface area contributed by atoms with Crippen LogP contribution in [0.15, 0.2) is 122 Å². The molecular weight excluding hydrogens is 536 g/mol. The molecule has 2 aromatic heterocycles. The Morgan fingerprint density at radius 1 is 0.524 bits per heavy atom. The first-order chi connectivity index (χ1) is 20.3. The van der Waals surface area contributed by atoms with E-state index in [1.165, 1.54) is 0 Å². The maximum absolute atomic E-state index is 12.2. The van der Waals surface area contributed by atoms with Gasteiger partial charge in [-0.2, -0.15) is 0 Å². The Hall–Kier alpha value is -5.76. The van der Waals surface area contributed by atoms with Gasteiger partial charge in [0.2, 0.25) is 0 Å².